The molecule has 1 heterocycles. The first kappa shape index (κ1) is 11.3. The number of aromatic nitrogens is 4. The molecule has 0 aliphatic heterocycles. The van der Waals surface area contributed by atoms with Gasteiger partial charge in [0.15, 0.2) is 0 Å². The van der Waals surface area contributed by atoms with Crippen LogP contribution in [0.5, 0.6) is 0 Å². The third-order valence-electron chi connectivity index (χ3n) is 2.63. The molecule has 0 saturated heterocycles. The Morgan fingerprint density at radius 3 is 2.71 bits per heavy atom. The predicted molar refractivity (Wildman–Crippen MR) is 55.1 cm³/mol. The Labute approximate surface area is 96.2 Å². The van der Waals surface area contributed by atoms with Gasteiger partial charge in [0.2, 0.25) is 0 Å². The Kier molecular flexibility index (Phi) is 2.66. The average molecular weight is 240 g/mol. The zero-order valence-electron chi connectivity index (χ0n) is 9.17. The number of nitrogens with zero attached hydrogens (tertiary/aromatic N) is 4. The van der Waals surface area contributed by atoms with Gasteiger partial charge in [-0.05, 0) is 18.1 Å². The fraction of sp³-hybridized carbons (Fsp3) is 0.625. The summed E-state index contributed by atoms with van der Waals surface area (Å²) in [6.07, 6.45) is 1.18. The smallest absolute Gasteiger partial charge is 0.321 e. The average Bonchev–Trinajstić information content (AvgIpc) is 2.96. The number of carboxylic acid groups (broad SMARTS) is 1. The molecule has 92 valence electrons. The van der Waals surface area contributed by atoms with Gasteiger partial charge in [0, 0.05) is 6.54 Å². The van der Waals surface area contributed by atoms with Gasteiger partial charge in [0.1, 0.15) is 0 Å². The number of amides is 2. The summed E-state index contributed by atoms with van der Waals surface area (Å²) in [7, 11) is 1.57. The van der Waals surface area contributed by atoms with E-state index in [-0.39, 0.29) is 12.5 Å². The SMILES string of the molecule is Cn1nnc(NC(=O)NCC2(C(=O)O)CC2)n1. The number of carbonyl (C=O) groups excluding carboxylic acids is 1. The Morgan fingerprint density at radius 2 is 2.24 bits per heavy atom. The largest absolute Gasteiger partial charge is 0.481 e. The van der Waals surface area contributed by atoms with Crippen molar-refractivity contribution >= 4 is 17.9 Å². The molecule has 0 spiro atoms. The lowest BCUT2D eigenvalue weighted by atomic mass is 10.1. The minimum atomic E-state index is -0.879. The van der Waals surface area contributed by atoms with Crippen LogP contribution in [0.2, 0.25) is 0 Å². The van der Waals surface area contributed by atoms with Crippen LogP contribution in [0.1, 0.15) is 12.8 Å². The van der Waals surface area contributed by atoms with Crippen LogP contribution in [0.4, 0.5) is 10.7 Å². The quantitative estimate of drug-likeness (QED) is 0.633. The molecule has 1 fully saturated rings. The zero-order chi connectivity index (χ0) is 12.5. The molecule has 0 unspecified atom stereocenters. The van der Waals surface area contributed by atoms with E-state index >= 15 is 0 Å². The van der Waals surface area contributed by atoms with E-state index in [1.165, 1.54) is 4.80 Å². The second-order valence-corrected chi connectivity index (χ2v) is 4.00. The summed E-state index contributed by atoms with van der Waals surface area (Å²) in [5, 5.41) is 24.6. The lowest BCUT2D eigenvalue weighted by Gasteiger charge is -2.10. The third-order valence-corrected chi connectivity index (χ3v) is 2.63. The fourth-order valence-corrected chi connectivity index (χ4v) is 1.35. The fourth-order valence-electron chi connectivity index (χ4n) is 1.35. The van der Waals surface area contributed by atoms with Crippen LogP contribution in [0.3, 0.4) is 0 Å². The Bertz CT molecular complexity index is 452. The molecule has 9 heteroatoms. The second-order valence-electron chi connectivity index (χ2n) is 4.00. The molecule has 9 nitrogen and oxygen atoms in total. The highest BCUT2D eigenvalue weighted by Crippen LogP contribution is 2.45. The van der Waals surface area contributed by atoms with Crippen LogP contribution < -0.4 is 10.6 Å². The minimum absolute atomic E-state index is 0.0742. The van der Waals surface area contributed by atoms with Gasteiger partial charge >= 0.3 is 12.0 Å². The molecule has 1 aliphatic rings. The molecular weight excluding hydrogens is 228 g/mol. The molecule has 0 radical (unpaired) electrons. The number of hydrogen-bond donors (Lipinski definition) is 3. The first-order chi connectivity index (χ1) is 8.02. The topological polar surface area (TPSA) is 122 Å². The van der Waals surface area contributed by atoms with Crippen LogP contribution in [0.15, 0.2) is 0 Å². The Balaban J connectivity index is 1.80. The van der Waals surface area contributed by atoms with Gasteiger partial charge in [-0.25, -0.2) is 4.79 Å². The molecule has 0 aromatic carbocycles. The summed E-state index contributed by atoms with van der Waals surface area (Å²) >= 11 is 0. The lowest BCUT2D eigenvalue weighted by molar-refractivity contribution is -0.143. The summed E-state index contributed by atoms with van der Waals surface area (Å²) < 4.78 is 0. The maximum absolute atomic E-state index is 11.4. The van der Waals surface area contributed by atoms with Crippen LogP contribution in [0.25, 0.3) is 0 Å². The number of hydrogen-bond acceptors (Lipinski definition) is 5. The van der Waals surface area contributed by atoms with Crippen molar-refractivity contribution in [1.82, 2.24) is 25.5 Å². The number of aliphatic carboxylic acids is 1. The summed E-state index contributed by atoms with van der Waals surface area (Å²) in [5.41, 5.74) is -0.785. The summed E-state index contributed by atoms with van der Waals surface area (Å²) in [6.45, 7) is 0.106. The number of aryl methyl sites for hydroxylation is 1. The molecule has 2 rings (SSSR count). The predicted octanol–water partition coefficient (Wildman–Crippen LogP) is -0.804. The van der Waals surface area contributed by atoms with Gasteiger partial charge in [-0.2, -0.15) is 4.80 Å². The number of carboxylic acids is 1. The van der Waals surface area contributed by atoms with Crippen molar-refractivity contribution in [3.63, 3.8) is 0 Å². The zero-order valence-corrected chi connectivity index (χ0v) is 9.17. The maximum Gasteiger partial charge on any atom is 0.321 e. The van der Waals surface area contributed by atoms with E-state index in [9.17, 15) is 9.59 Å². The van der Waals surface area contributed by atoms with Crippen molar-refractivity contribution in [1.29, 1.82) is 0 Å². The van der Waals surface area contributed by atoms with E-state index in [4.69, 9.17) is 5.11 Å². The number of urea groups is 1. The van der Waals surface area contributed by atoms with E-state index < -0.39 is 17.4 Å². The summed E-state index contributed by atoms with van der Waals surface area (Å²) in [5.74, 6) is -0.805. The molecule has 0 bridgehead atoms. The number of anilines is 1. The molecule has 1 aliphatic carbocycles. The van der Waals surface area contributed by atoms with Gasteiger partial charge in [-0.3, -0.25) is 10.1 Å². The monoisotopic (exact) mass is 240 g/mol. The van der Waals surface area contributed by atoms with Crippen LogP contribution in [0, 0.1) is 5.41 Å². The van der Waals surface area contributed by atoms with E-state index in [1.54, 1.807) is 7.05 Å². The van der Waals surface area contributed by atoms with Gasteiger partial charge in [-0.15, -0.1) is 5.10 Å². The van der Waals surface area contributed by atoms with Crippen LogP contribution >= 0.6 is 0 Å². The van der Waals surface area contributed by atoms with Gasteiger partial charge in [0.05, 0.1) is 12.5 Å². The van der Waals surface area contributed by atoms with Crippen molar-refractivity contribution in [3.05, 3.63) is 0 Å². The number of tetrazole rings is 1. The Morgan fingerprint density at radius 1 is 1.53 bits per heavy atom. The third kappa shape index (κ3) is 2.49. The van der Waals surface area contributed by atoms with Crippen LogP contribution in [-0.2, 0) is 11.8 Å². The molecule has 1 saturated carbocycles. The van der Waals surface area contributed by atoms with E-state index in [0.717, 1.165) is 0 Å². The normalized spacial score (nSPS) is 16.3. The molecule has 17 heavy (non-hydrogen) atoms. The van der Waals surface area contributed by atoms with E-state index in [0.29, 0.717) is 12.8 Å². The molecule has 3 N–H and O–H groups in total. The van der Waals surface area contributed by atoms with Crippen molar-refractivity contribution in [2.24, 2.45) is 12.5 Å². The highest BCUT2D eigenvalue weighted by molar-refractivity contribution is 5.88. The van der Waals surface area contributed by atoms with E-state index in [1.807, 2.05) is 0 Å². The highest BCUT2D eigenvalue weighted by atomic mass is 16.4. The summed E-state index contributed by atoms with van der Waals surface area (Å²) in [6, 6.07) is -0.537. The lowest BCUT2D eigenvalue weighted by Crippen LogP contribution is -2.37. The minimum Gasteiger partial charge on any atom is -0.481 e. The first-order valence-electron chi connectivity index (χ1n) is 5.04. The van der Waals surface area contributed by atoms with Gasteiger partial charge in [0.25, 0.3) is 5.95 Å². The van der Waals surface area contributed by atoms with Crippen molar-refractivity contribution < 1.29 is 14.7 Å². The second kappa shape index (κ2) is 4.00. The van der Waals surface area contributed by atoms with Crippen molar-refractivity contribution in [3.8, 4) is 0 Å². The maximum atomic E-state index is 11.4. The highest BCUT2D eigenvalue weighted by Gasteiger charge is 2.50. The molecular formula is C8H12N6O3. The summed E-state index contributed by atoms with van der Waals surface area (Å²) in [4.78, 5) is 23.4. The number of carbonyl (C=O) groups is 2. The van der Waals surface area contributed by atoms with Gasteiger partial charge < -0.3 is 10.4 Å². The van der Waals surface area contributed by atoms with Crippen molar-refractivity contribution in [2.75, 3.05) is 11.9 Å². The number of rotatable bonds is 4. The Hall–Kier alpha value is -2.19. The van der Waals surface area contributed by atoms with Gasteiger partial charge in [-0.1, -0.05) is 5.10 Å². The molecule has 1 aromatic heterocycles. The van der Waals surface area contributed by atoms with Crippen molar-refractivity contribution in [2.45, 2.75) is 12.8 Å². The molecule has 1 aromatic rings. The standard InChI is InChI=1S/C8H12N6O3/c1-14-12-6(11-13-14)10-7(17)9-4-8(2-3-8)5(15)16/h2-4H2,1H3,(H,15,16)(H2,9,10,12,17). The molecule has 0 atom stereocenters. The molecule has 2 amide bonds. The van der Waals surface area contributed by atoms with E-state index in [2.05, 4.69) is 26.0 Å². The number of nitrogens with one attached hydrogen (secondary N) is 2. The van der Waals surface area contributed by atoms with Crippen LogP contribution in [-0.4, -0.2) is 43.9 Å². The first-order valence-corrected chi connectivity index (χ1v) is 5.04.